The zero-order valence-electron chi connectivity index (χ0n) is 12.1. The molecule has 21 heavy (non-hydrogen) atoms. The number of nitrogens with zero attached hydrogens (tertiary/aromatic N) is 4. The molecule has 0 saturated heterocycles. The maximum atomic E-state index is 13.2. The molecule has 0 bridgehead atoms. The monoisotopic (exact) mass is 288 g/mol. The Hall–Kier alpha value is -2.57. The molecule has 2 aromatic heterocycles. The number of nitrogens with two attached hydrogens (primary N) is 1. The Bertz CT molecular complexity index is 701. The number of aliphatic imine (C=N–C) groups is 1. The van der Waals surface area contributed by atoms with Gasteiger partial charge in [0.15, 0.2) is 5.82 Å². The molecule has 0 aromatic carbocycles. The molecule has 0 fully saturated rings. The van der Waals surface area contributed by atoms with Crippen LogP contribution in [0.15, 0.2) is 29.6 Å². The minimum absolute atomic E-state index is 0.176. The maximum Gasteiger partial charge on any atom is 0.215 e. The first-order chi connectivity index (χ1) is 9.90. The van der Waals surface area contributed by atoms with Crippen molar-refractivity contribution in [3.8, 4) is 0 Å². The van der Waals surface area contributed by atoms with Crippen molar-refractivity contribution < 1.29 is 4.39 Å². The van der Waals surface area contributed by atoms with Gasteiger partial charge in [0.05, 0.1) is 12.4 Å². The van der Waals surface area contributed by atoms with Crippen LogP contribution in [0, 0.1) is 11.2 Å². The highest BCUT2D eigenvalue weighted by Gasteiger charge is 2.15. The topological polar surface area (TPSA) is 92.9 Å². The van der Waals surface area contributed by atoms with Crippen molar-refractivity contribution in [3.05, 3.63) is 41.6 Å². The number of rotatable bonds is 3. The molecule has 6 nitrogen and oxygen atoms in total. The first kappa shape index (κ1) is 14.8. The van der Waals surface area contributed by atoms with Crippen molar-refractivity contribution in [2.24, 2.45) is 10.7 Å². The average Bonchev–Trinajstić information content (AvgIpc) is 2.82. The molecule has 110 valence electrons. The molecule has 0 aliphatic heterocycles. The lowest BCUT2D eigenvalue weighted by Crippen LogP contribution is -2.21. The van der Waals surface area contributed by atoms with Crippen LogP contribution in [0.1, 0.15) is 37.8 Å². The summed E-state index contributed by atoms with van der Waals surface area (Å²) < 4.78 is 14.5. The summed E-state index contributed by atoms with van der Waals surface area (Å²) in [7, 11) is 0. The molecule has 2 heterocycles. The summed E-state index contributed by atoms with van der Waals surface area (Å²) in [6.45, 7) is 5.75. The molecule has 7 heteroatoms. The van der Waals surface area contributed by atoms with Crippen molar-refractivity contribution in [1.29, 1.82) is 5.41 Å². The minimum Gasteiger partial charge on any atom is -0.368 e. The quantitative estimate of drug-likeness (QED) is 0.671. The summed E-state index contributed by atoms with van der Waals surface area (Å²) in [5, 5.41) is 11.6. The van der Waals surface area contributed by atoms with Gasteiger partial charge in [-0.3, -0.25) is 10.4 Å². The first-order valence-electron chi connectivity index (χ1n) is 6.48. The van der Waals surface area contributed by atoms with E-state index in [-0.39, 0.29) is 11.9 Å². The van der Waals surface area contributed by atoms with Crippen LogP contribution in [0.2, 0.25) is 0 Å². The van der Waals surface area contributed by atoms with E-state index in [0.717, 1.165) is 11.8 Å². The fraction of sp³-hybridized carbons (Fsp3) is 0.286. The van der Waals surface area contributed by atoms with Gasteiger partial charge in [0.1, 0.15) is 5.82 Å². The van der Waals surface area contributed by atoms with Crippen LogP contribution in [0.5, 0.6) is 0 Å². The Morgan fingerprint density at radius 1 is 1.38 bits per heavy atom. The van der Waals surface area contributed by atoms with E-state index in [4.69, 9.17) is 11.1 Å². The Kier molecular flexibility index (Phi) is 4.11. The Morgan fingerprint density at radius 3 is 2.67 bits per heavy atom. The van der Waals surface area contributed by atoms with Gasteiger partial charge in [0.2, 0.25) is 5.96 Å². The number of aromatic nitrogens is 3. The smallest absolute Gasteiger partial charge is 0.215 e. The summed E-state index contributed by atoms with van der Waals surface area (Å²) in [5.41, 5.74) is 7.52. The second kappa shape index (κ2) is 5.82. The Labute approximate surface area is 122 Å². The summed E-state index contributed by atoms with van der Waals surface area (Å²) in [5.74, 6) is 0.0200. The molecule has 0 aliphatic rings. The van der Waals surface area contributed by atoms with E-state index in [1.54, 1.807) is 13.1 Å². The number of pyridine rings is 1. The average molecular weight is 288 g/mol. The van der Waals surface area contributed by atoms with E-state index in [1.165, 1.54) is 16.9 Å². The van der Waals surface area contributed by atoms with Crippen LogP contribution in [0.25, 0.3) is 0 Å². The molecule has 2 rings (SSSR count). The van der Waals surface area contributed by atoms with E-state index in [2.05, 4.69) is 15.1 Å². The summed E-state index contributed by atoms with van der Waals surface area (Å²) in [6.07, 6.45) is 4.31. The Balaban J connectivity index is 2.53. The van der Waals surface area contributed by atoms with Crippen LogP contribution in [0.3, 0.4) is 0 Å². The SMILES string of the molecule is CC(=Nc1c(C(C)C)cnn1C(=N)N)c1cncc(F)c1. The maximum absolute atomic E-state index is 13.2. The highest BCUT2D eigenvalue weighted by molar-refractivity contribution is 6.00. The second-order valence-corrected chi connectivity index (χ2v) is 4.96. The highest BCUT2D eigenvalue weighted by atomic mass is 19.1. The van der Waals surface area contributed by atoms with Gasteiger partial charge < -0.3 is 5.73 Å². The van der Waals surface area contributed by atoms with Gasteiger partial charge in [-0.15, -0.1) is 0 Å². The van der Waals surface area contributed by atoms with E-state index >= 15 is 0 Å². The zero-order valence-corrected chi connectivity index (χ0v) is 12.1. The minimum atomic E-state index is -0.425. The van der Waals surface area contributed by atoms with Crippen molar-refractivity contribution in [2.45, 2.75) is 26.7 Å². The van der Waals surface area contributed by atoms with Crippen molar-refractivity contribution in [2.75, 3.05) is 0 Å². The molecular formula is C14H17FN6. The number of hydrogen-bond donors (Lipinski definition) is 2. The van der Waals surface area contributed by atoms with Crippen LogP contribution < -0.4 is 5.73 Å². The molecule has 2 aromatic rings. The molecule has 0 amide bonds. The number of halogens is 1. The third kappa shape index (κ3) is 3.13. The van der Waals surface area contributed by atoms with Crippen LogP contribution in [0.4, 0.5) is 10.2 Å². The van der Waals surface area contributed by atoms with Gasteiger partial charge in [0, 0.05) is 23.0 Å². The van der Waals surface area contributed by atoms with E-state index in [0.29, 0.717) is 17.1 Å². The molecule has 0 atom stereocenters. The fourth-order valence-electron chi connectivity index (χ4n) is 1.88. The molecule has 0 aliphatic carbocycles. The van der Waals surface area contributed by atoms with E-state index < -0.39 is 5.82 Å². The zero-order chi connectivity index (χ0) is 15.6. The largest absolute Gasteiger partial charge is 0.368 e. The van der Waals surface area contributed by atoms with Crippen molar-refractivity contribution >= 4 is 17.5 Å². The summed E-state index contributed by atoms with van der Waals surface area (Å²) in [4.78, 5) is 8.27. The highest BCUT2D eigenvalue weighted by Crippen LogP contribution is 2.27. The first-order valence-corrected chi connectivity index (χ1v) is 6.48. The summed E-state index contributed by atoms with van der Waals surface area (Å²) >= 11 is 0. The number of hydrogen-bond acceptors (Lipinski definition) is 4. The fourth-order valence-corrected chi connectivity index (χ4v) is 1.88. The standard InChI is InChI=1S/C14H17FN6/c1-8(2)12-7-19-21(14(16)17)13(12)20-9(3)10-4-11(15)6-18-5-10/h4-8H,1-3H3,(H3,16,17). The third-order valence-electron chi connectivity index (χ3n) is 3.02. The van der Waals surface area contributed by atoms with Crippen molar-refractivity contribution in [3.63, 3.8) is 0 Å². The molecule has 0 unspecified atom stereocenters. The van der Waals surface area contributed by atoms with Gasteiger partial charge in [-0.25, -0.2) is 9.38 Å². The Morgan fingerprint density at radius 2 is 2.10 bits per heavy atom. The molecular weight excluding hydrogens is 271 g/mol. The number of nitrogens with one attached hydrogen (secondary N) is 1. The summed E-state index contributed by atoms with van der Waals surface area (Å²) in [6, 6.07) is 1.36. The third-order valence-corrected chi connectivity index (χ3v) is 3.02. The molecule has 3 N–H and O–H groups in total. The van der Waals surface area contributed by atoms with Gasteiger partial charge in [-0.2, -0.15) is 9.78 Å². The van der Waals surface area contributed by atoms with Gasteiger partial charge in [0.25, 0.3) is 0 Å². The van der Waals surface area contributed by atoms with Gasteiger partial charge in [-0.1, -0.05) is 13.8 Å². The molecule has 0 radical (unpaired) electrons. The van der Waals surface area contributed by atoms with Crippen LogP contribution in [-0.2, 0) is 0 Å². The molecule has 0 spiro atoms. The second-order valence-electron chi connectivity index (χ2n) is 4.96. The van der Waals surface area contributed by atoms with Crippen molar-refractivity contribution in [1.82, 2.24) is 14.8 Å². The normalized spacial score (nSPS) is 12.0. The van der Waals surface area contributed by atoms with Crippen LogP contribution >= 0.6 is 0 Å². The predicted molar refractivity (Wildman–Crippen MR) is 79.7 cm³/mol. The molecule has 0 saturated carbocycles. The van der Waals surface area contributed by atoms with Crippen LogP contribution in [-0.4, -0.2) is 26.4 Å². The lowest BCUT2D eigenvalue weighted by molar-refractivity contribution is 0.621. The van der Waals surface area contributed by atoms with Gasteiger partial charge in [-0.05, 0) is 18.9 Å². The van der Waals surface area contributed by atoms with E-state index in [1.807, 2.05) is 13.8 Å². The predicted octanol–water partition coefficient (Wildman–Crippen LogP) is 2.42. The van der Waals surface area contributed by atoms with E-state index in [9.17, 15) is 4.39 Å². The lowest BCUT2D eigenvalue weighted by Gasteiger charge is -2.07. The number of nitrogen functional groups attached to an aromatic ring is 1. The van der Waals surface area contributed by atoms with Gasteiger partial charge >= 0.3 is 0 Å². The lowest BCUT2D eigenvalue weighted by atomic mass is 10.1.